The van der Waals surface area contributed by atoms with E-state index >= 15 is 0 Å². The lowest BCUT2D eigenvalue weighted by Crippen LogP contribution is -2.29. The zero-order valence-corrected chi connectivity index (χ0v) is 15.2. The number of benzene rings is 1. The molecule has 0 aliphatic carbocycles. The van der Waals surface area contributed by atoms with Gasteiger partial charge in [-0.1, -0.05) is 18.2 Å². The number of halogens is 3. The molecule has 0 amide bonds. The standard InChI is InChI=1S/C16H11F3N2O4S2/c1-26-14-7-12-11(9-20-14)13(25-27(23,24)16(17,18)19)8-15(22)21(12)10-5-3-2-4-6-10/h2-9H,1H3. The Bertz CT molecular complexity index is 1160. The van der Waals surface area contributed by atoms with Crippen LogP contribution in [0, 0.1) is 0 Å². The van der Waals surface area contributed by atoms with Crippen molar-refractivity contribution in [3.05, 3.63) is 59.0 Å². The van der Waals surface area contributed by atoms with E-state index in [1.807, 2.05) is 0 Å². The summed E-state index contributed by atoms with van der Waals surface area (Å²) in [5.74, 6) is -0.736. The minimum Gasteiger partial charge on any atom is -0.375 e. The molecule has 0 saturated heterocycles. The molecule has 0 bridgehead atoms. The van der Waals surface area contributed by atoms with Crippen LogP contribution in [0.4, 0.5) is 13.2 Å². The fraction of sp³-hybridized carbons (Fsp3) is 0.125. The largest absolute Gasteiger partial charge is 0.534 e. The van der Waals surface area contributed by atoms with Crippen molar-refractivity contribution in [1.29, 1.82) is 0 Å². The molecule has 11 heteroatoms. The SMILES string of the molecule is CSc1cc2c(cn1)c(OS(=O)(=O)C(F)(F)F)cc(=O)n2-c1ccccc1. The number of nitrogens with zero attached hydrogens (tertiary/aromatic N) is 2. The number of rotatable bonds is 4. The Morgan fingerprint density at radius 1 is 1.15 bits per heavy atom. The molecular weight excluding hydrogens is 405 g/mol. The Balaban J connectivity index is 2.32. The smallest absolute Gasteiger partial charge is 0.375 e. The van der Waals surface area contributed by atoms with Gasteiger partial charge in [0.05, 0.1) is 15.9 Å². The molecule has 0 aliphatic heterocycles. The zero-order valence-electron chi connectivity index (χ0n) is 13.6. The van der Waals surface area contributed by atoms with Gasteiger partial charge < -0.3 is 4.18 Å². The fourth-order valence-corrected chi connectivity index (χ4v) is 3.22. The molecule has 142 valence electrons. The molecule has 0 radical (unpaired) electrons. The molecule has 3 aromatic rings. The van der Waals surface area contributed by atoms with E-state index in [1.165, 1.54) is 28.6 Å². The summed E-state index contributed by atoms with van der Waals surface area (Å²) in [5.41, 5.74) is -5.75. The van der Waals surface area contributed by atoms with Crippen LogP contribution in [0.3, 0.4) is 0 Å². The van der Waals surface area contributed by atoms with Gasteiger partial charge in [0.2, 0.25) is 0 Å². The van der Waals surface area contributed by atoms with E-state index in [0.717, 1.165) is 0 Å². The monoisotopic (exact) mass is 416 g/mol. The Hall–Kier alpha value is -2.53. The van der Waals surface area contributed by atoms with Crippen LogP contribution >= 0.6 is 11.8 Å². The van der Waals surface area contributed by atoms with Crippen molar-refractivity contribution in [2.75, 3.05) is 6.26 Å². The van der Waals surface area contributed by atoms with Crippen molar-refractivity contribution in [1.82, 2.24) is 9.55 Å². The predicted octanol–water partition coefficient (Wildman–Crippen LogP) is 3.34. The molecule has 2 aromatic heterocycles. The number of pyridine rings is 2. The summed E-state index contributed by atoms with van der Waals surface area (Å²) in [7, 11) is -5.93. The van der Waals surface area contributed by atoms with Gasteiger partial charge in [0.15, 0.2) is 5.75 Å². The Morgan fingerprint density at radius 3 is 2.41 bits per heavy atom. The number of alkyl halides is 3. The average Bonchev–Trinajstić information content (AvgIpc) is 2.60. The summed E-state index contributed by atoms with van der Waals surface area (Å²) in [6.07, 6.45) is 2.90. The molecule has 0 saturated carbocycles. The van der Waals surface area contributed by atoms with Crippen LogP contribution in [0.25, 0.3) is 16.6 Å². The van der Waals surface area contributed by atoms with E-state index in [1.54, 1.807) is 36.6 Å². The molecule has 0 fully saturated rings. The number of para-hydroxylation sites is 1. The van der Waals surface area contributed by atoms with Gasteiger partial charge in [-0.25, -0.2) is 4.98 Å². The summed E-state index contributed by atoms with van der Waals surface area (Å²) < 4.78 is 66.2. The summed E-state index contributed by atoms with van der Waals surface area (Å²) >= 11 is 1.25. The summed E-state index contributed by atoms with van der Waals surface area (Å²) in [5, 5.41) is 0.437. The first-order valence-corrected chi connectivity index (χ1v) is 9.93. The molecule has 6 nitrogen and oxygen atoms in total. The van der Waals surface area contributed by atoms with Gasteiger partial charge in [0, 0.05) is 18.0 Å². The van der Waals surface area contributed by atoms with Gasteiger partial charge >= 0.3 is 15.6 Å². The lowest BCUT2D eigenvalue weighted by atomic mass is 10.2. The second-order valence-electron chi connectivity index (χ2n) is 5.24. The quantitative estimate of drug-likeness (QED) is 0.369. The number of fused-ring (bicyclic) bond motifs is 1. The zero-order chi connectivity index (χ0) is 19.8. The third kappa shape index (κ3) is 3.65. The molecule has 0 atom stereocenters. The maximum Gasteiger partial charge on any atom is 0.534 e. The van der Waals surface area contributed by atoms with E-state index in [9.17, 15) is 26.4 Å². The van der Waals surface area contributed by atoms with Crippen molar-refractivity contribution in [2.45, 2.75) is 10.5 Å². The fourth-order valence-electron chi connectivity index (χ4n) is 2.36. The first-order valence-electron chi connectivity index (χ1n) is 7.30. The maximum atomic E-state index is 12.7. The number of thioether (sulfide) groups is 1. The highest BCUT2D eigenvalue weighted by Crippen LogP contribution is 2.32. The first kappa shape index (κ1) is 19.2. The highest BCUT2D eigenvalue weighted by molar-refractivity contribution is 7.98. The molecule has 0 unspecified atom stereocenters. The molecule has 0 spiro atoms. The minimum atomic E-state index is -5.93. The van der Waals surface area contributed by atoms with Crippen molar-refractivity contribution >= 4 is 32.8 Å². The van der Waals surface area contributed by atoms with Crippen LogP contribution in [-0.2, 0) is 10.1 Å². The van der Waals surface area contributed by atoms with E-state index < -0.39 is 26.9 Å². The third-order valence-corrected chi connectivity index (χ3v) is 5.15. The van der Waals surface area contributed by atoms with Gasteiger partial charge in [0.25, 0.3) is 5.56 Å². The van der Waals surface area contributed by atoms with Crippen molar-refractivity contribution in [3.63, 3.8) is 0 Å². The van der Waals surface area contributed by atoms with Gasteiger partial charge in [-0.05, 0) is 24.5 Å². The van der Waals surface area contributed by atoms with E-state index in [2.05, 4.69) is 9.17 Å². The number of hydrogen-bond donors (Lipinski definition) is 0. The predicted molar refractivity (Wildman–Crippen MR) is 94.7 cm³/mol. The molecule has 3 rings (SSSR count). The molecule has 0 aliphatic rings. The Labute approximate surface area is 155 Å². The first-order chi connectivity index (χ1) is 12.6. The highest BCUT2D eigenvalue weighted by atomic mass is 32.2. The highest BCUT2D eigenvalue weighted by Gasteiger charge is 2.48. The van der Waals surface area contributed by atoms with E-state index in [-0.39, 0.29) is 10.9 Å². The second-order valence-corrected chi connectivity index (χ2v) is 7.61. The van der Waals surface area contributed by atoms with Gasteiger partial charge in [-0.3, -0.25) is 9.36 Å². The number of hydrogen-bond acceptors (Lipinski definition) is 6. The Kier molecular flexibility index (Phi) is 4.91. The molecule has 1 aromatic carbocycles. The number of aromatic nitrogens is 2. The minimum absolute atomic E-state index is 0.0518. The summed E-state index contributed by atoms with van der Waals surface area (Å²) in [6, 6.07) is 10.5. The van der Waals surface area contributed by atoms with Crippen LogP contribution in [0.15, 0.2) is 58.5 Å². The lowest BCUT2D eigenvalue weighted by Gasteiger charge is -2.15. The van der Waals surface area contributed by atoms with Crippen molar-refractivity contribution in [2.24, 2.45) is 0 Å². The van der Waals surface area contributed by atoms with Crippen LogP contribution in [-0.4, -0.2) is 29.7 Å². The third-order valence-electron chi connectivity index (χ3n) is 3.54. The summed E-state index contributed by atoms with van der Waals surface area (Å²) in [4.78, 5) is 16.6. The van der Waals surface area contributed by atoms with Crippen LogP contribution < -0.4 is 9.74 Å². The lowest BCUT2D eigenvalue weighted by molar-refractivity contribution is -0.0499. The molecule has 2 heterocycles. The molecule has 0 N–H and O–H groups in total. The van der Waals surface area contributed by atoms with Gasteiger partial charge in [-0.2, -0.15) is 21.6 Å². The van der Waals surface area contributed by atoms with Crippen LogP contribution in [0.5, 0.6) is 5.75 Å². The van der Waals surface area contributed by atoms with E-state index in [0.29, 0.717) is 16.8 Å². The maximum absolute atomic E-state index is 12.7. The average molecular weight is 416 g/mol. The van der Waals surface area contributed by atoms with Gasteiger partial charge in [-0.15, -0.1) is 11.8 Å². The Morgan fingerprint density at radius 2 is 1.81 bits per heavy atom. The van der Waals surface area contributed by atoms with E-state index in [4.69, 9.17) is 0 Å². The molecule has 27 heavy (non-hydrogen) atoms. The van der Waals surface area contributed by atoms with Gasteiger partial charge in [0.1, 0.15) is 0 Å². The molecular formula is C16H11F3N2O4S2. The second kappa shape index (κ2) is 6.89. The normalized spacial score (nSPS) is 12.3. The van der Waals surface area contributed by atoms with Crippen LogP contribution in [0.2, 0.25) is 0 Å². The van der Waals surface area contributed by atoms with Crippen LogP contribution in [0.1, 0.15) is 0 Å². The van der Waals surface area contributed by atoms with Crippen molar-refractivity contribution < 1.29 is 25.8 Å². The van der Waals surface area contributed by atoms with Crippen molar-refractivity contribution in [3.8, 4) is 11.4 Å². The topological polar surface area (TPSA) is 78.3 Å². The summed E-state index contributed by atoms with van der Waals surface area (Å²) in [6.45, 7) is 0.